The van der Waals surface area contributed by atoms with E-state index in [4.69, 9.17) is 4.42 Å². The van der Waals surface area contributed by atoms with Crippen LogP contribution in [0.3, 0.4) is 0 Å². The molecule has 1 amide bonds. The van der Waals surface area contributed by atoms with E-state index in [-0.39, 0.29) is 11.7 Å². The monoisotopic (exact) mass is 430 g/mol. The molecular formula is C24H22N4O2S. The van der Waals surface area contributed by atoms with Gasteiger partial charge in [-0.2, -0.15) is 0 Å². The van der Waals surface area contributed by atoms with Gasteiger partial charge in [0.25, 0.3) is 0 Å². The number of thioether (sulfide) groups is 1. The number of hydrogen-bond donors (Lipinski definition) is 1. The molecule has 0 fully saturated rings. The van der Waals surface area contributed by atoms with Crippen molar-refractivity contribution in [2.75, 3.05) is 11.1 Å². The SMILES string of the molecule is Cc1occc1-c1nnc(SCC(=O)Nc2ccc3c(c2)CCC3)n1-c1ccccc1. The van der Waals surface area contributed by atoms with Crippen LogP contribution in [0.5, 0.6) is 0 Å². The molecule has 2 aromatic carbocycles. The number of aryl methyl sites for hydroxylation is 3. The van der Waals surface area contributed by atoms with Crippen molar-refractivity contribution in [1.29, 1.82) is 0 Å². The Kier molecular flexibility index (Phi) is 5.34. The molecule has 4 aromatic rings. The van der Waals surface area contributed by atoms with E-state index < -0.39 is 0 Å². The standard InChI is InChI=1S/C24H22N4O2S/c1-16-21(12-13-30-16)23-26-27-24(28(23)20-8-3-2-4-9-20)31-15-22(29)25-19-11-10-17-6-5-7-18(17)14-19/h2-4,8-14H,5-7,15H2,1H3,(H,25,29). The van der Waals surface area contributed by atoms with Gasteiger partial charge in [-0.15, -0.1) is 10.2 Å². The molecule has 6 nitrogen and oxygen atoms in total. The van der Waals surface area contributed by atoms with Crippen molar-refractivity contribution in [1.82, 2.24) is 14.8 Å². The Balaban J connectivity index is 1.36. The zero-order chi connectivity index (χ0) is 21.2. The number of para-hydroxylation sites is 1. The highest BCUT2D eigenvalue weighted by Gasteiger charge is 2.20. The second-order valence-electron chi connectivity index (χ2n) is 7.54. The number of anilines is 1. The lowest BCUT2D eigenvalue weighted by Gasteiger charge is -2.10. The zero-order valence-corrected chi connectivity index (χ0v) is 18.0. The normalized spacial score (nSPS) is 12.7. The first-order chi connectivity index (χ1) is 15.2. The highest BCUT2D eigenvalue weighted by atomic mass is 32.2. The van der Waals surface area contributed by atoms with Gasteiger partial charge in [0.1, 0.15) is 5.76 Å². The summed E-state index contributed by atoms with van der Waals surface area (Å²) in [6, 6.07) is 18.0. The molecule has 0 aliphatic heterocycles. The lowest BCUT2D eigenvalue weighted by atomic mass is 10.1. The first-order valence-corrected chi connectivity index (χ1v) is 11.3. The van der Waals surface area contributed by atoms with Gasteiger partial charge in [-0.05, 0) is 67.6 Å². The molecule has 2 aromatic heterocycles. The highest BCUT2D eigenvalue weighted by molar-refractivity contribution is 7.99. The Morgan fingerprint density at radius 1 is 1.10 bits per heavy atom. The van der Waals surface area contributed by atoms with Crippen LogP contribution in [0, 0.1) is 6.92 Å². The number of nitrogens with one attached hydrogen (secondary N) is 1. The summed E-state index contributed by atoms with van der Waals surface area (Å²) in [5.74, 6) is 1.65. The Hall–Kier alpha value is -3.32. The van der Waals surface area contributed by atoms with E-state index in [1.807, 2.05) is 54.0 Å². The lowest BCUT2D eigenvalue weighted by Crippen LogP contribution is -2.14. The molecule has 156 valence electrons. The summed E-state index contributed by atoms with van der Waals surface area (Å²) in [7, 11) is 0. The fraction of sp³-hybridized carbons (Fsp3) is 0.208. The molecule has 0 bridgehead atoms. The van der Waals surface area contributed by atoms with E-state index in [2.05, 4.69) is 27.6 Å². The number of amides is 1. The number of aromatic nitrogens is 3. The maximum absolute atomic E-state index is 12.6. The number of carbonyl (C=O) groups is 1. The number of nitrogens with zero attached hydrogens (tertiary/aromatic N) is 3. The number of hydrogen-bond acceptors (Lipinski definition) is 5. The van der Waals surface area contributed by atoms with Crippen LogP contribution in [0.1, 0.15) is 23.3 Å². The van der Waals surface area contributed by atoms with Crippen LogP contribution in [0.25, 0.3) is 17.1 Å². The Morgan fingerprint density at radius 3 is 2.74 bits per heavy atom. The quantitative estimate of drug-likeness (QED) is 0.433. The maximum atomic E-state index is 12.6. The Bertz CT molecular complexity index is 1230. The summed E-state index contributed by atoms with van der Waals surface area (Å²) >= 11 is 1.37. The molecule has 7 heteroatoms. The van der Waals surface area contributed by atoms with E-state index in [1.165, 1.54) is 29.3 Å². The molecular weight excluding hydrogens is 408 g/mol. The zero-order valence-electron chi connectivity index (χ0n) is 17.2. The van der Waals surface area contributed by atoms with Gasteiger partial charge in [0.05, 0.1) is 17.6 Å². The van der Waals surface area contributed by atoms with Crippen molar-refractivity contribution in [2.24, 2.45) is 0 Å². The van der Waals surface area contributed by atoms with Gasteiger partial charge in [-0.25, -0.2) is 0 Å². The summed E-state index contributed by atoms with van der Waals surface area (Å²) in [4.78, 5) is 12.6. The van der Waals surface area contributed by atoms with Crippen molar-refractivity contribution in [3.05, 3.63) is 77.7 Å². The van der Waals surface area contributed by atoms with Crippen molar-refractivity contribution in [3.8, 4) is 17.1 Å². The largest absolute Gasteiger partial charge is 0.469 e. The maximum Gasteiger partial charge on any atom is 0.234 e. The third kappa shape index (κ3) is 4.01. The summed E-state index contributed by atoms with van der Waals surface area (Å²) in [5.41, 5.74) is 5.40. The first-order valence-electron chi connectivity index (χ1n) is 10.3. The molecule has 0 saturated carbocycles. The van der Waals surface area contributed by atoms with Crippen LogP contribution < -0.4 is 5.32 Å². The smallest absolute Gasteiger partial charge is 0.234 e. The number of rotatable bonds is 6. The van der Waals surface area contributed by atoms with Crippen molar-refractivity contribution in [3.63, 3.8) is 0 Å². The van der Waals surface area contributed by atoms with Gasteiger partial charge in [-0.3, -0.25) is 9.36 Å². The molecule has 1 aliphatic carbocycles. The fourth-order valence-electron chi connectivity index (χ4n) is 3.94. The molecule has 0 saturated heterocycles. The predicted molar refractivity (Wildman–Crippen MR) is 122 cm³/mol. The van der Waals surface area contributed by atoms with Crippen LogP contribution in [0.4, 0.5) is 5.69 Å². The highest BCUT2D eigenvalue weighted by Crippen LogP contribution is 2.30. The molecule has 1 N–H and O–H groups in total. The first kappa shape index (κ1) is 19.6. The molecule has 0 spiro atoms. The van der Waals surface area contributed by atoms with Gasteiger partial charge >= 0.3 is 0 Å². The molecule has 5 rings (SSSR count). The van der Waals surface area contributed by atoms with E-state index in [0.29, 0.717) is 11.0 Å². The summed E-state index contributed by atoms with van der Waals surface area (Å²) < 4.78 is 7.43. The third-order valence-electron chi connectivity index (χ3n) is 5.46. The number of fused-ring (bicyclic) bond motifs is 1. The van der Waals surface area contributed by atoms with E-state index in [0.717, 1.165) is 35.5 Å². The van der Waals surface area contributed by atoms with Gasteiger partial charge in [0.15, 0.2) is 11.0 Å². The molecule has 31 heavy (non-hydrogen) atoms. The second kappa shape index (κ2) is 8.43. The van der Waals surface area contributed by atoms with Crippen LogP contribution in [0.15, 0.2) is 70.4 Å². The molecule has 2 heterocycles. The van der Waals surface area contributed by atoms with Gasteiger partial charge < -0.3 is 9.73 Å². The van der Waals surface area contributed by atoms with E-state index in [1.54, 1.807) is 6.26 Å². The summed E-state index contributed by atoms with van der Waals surface area (Å²) in [6.07, 6.45) is 5.05. The van der Waals surface area contributed by atoms with Crippen molar-refractivity contribution in [2.45, 2.75) is 31.3 Å². The third-order valence-corrected chi connectivity index (χ3v) is 6.39. The fourth-order valence-corrected chi connectivity index (χ4v) is 4.69. The topological polar surface area (TPSA) is 72.9 Å². The van der Waals surface area contributed by atoms with Crippen LogP contribution in [0.2, 0.25) is 0 Å². The molecule has 1 aliphatic rings. The minimum atomic E-state index is -0.0633. The van der Waals surface area contributed by atoms with Crippen LogP contribution >= 0.6 is 11.8 Å². The lowest BCUT2D eigenvalue weighted by molar-refractivity contribution is -0.113. The van der Waals surface area contributed by atoms with Gasteiger partial charge in [0, 0.05) is 11.4 Å². The van der Waals surface area contributed by atoms with E-state index >= 15 is 0 Å². The van der Waals surface area contributed by atoms with Crippen LogP contribution in [-0.4, -0.2) is 26.4 Å². The minimum absolute atomic E-state index is 0.0633. The number of furan rings is 1. The average molecular weight is 431 g/mol. The number of carbonyl (C=O) groups excluding carboxylic acids is 1. The van der Waals surface area contributed by atoms with Crippen molar-refractivity contribution >= 4 is 23.4 Å². The van der Waals surface area contributed by atoms with Crippen molar-refractivity contribution < 1.29 is 9.21 Å². The Morgan fingerprint density at radius 2 is 1.94 bits per heavy atom. The molecule has 0 radical (unpaired) electrons. The Labute approximate surface area is 184 Å². The van der Waals surface area contributed by atoms with Gasteiger partial charge in [-0.1, -0.05) is 36.0 Å². The summed E-state index contributed by atoms with van der Waals surface area (Å²) in [6.45, 7) is 1.90. The summed E-state index contributed by atoms with van der Waals surface area (Å²) in [5, 5.41) is 12.4. The van der Waals surface area contributed by atoms with Gasteiger partial charge in [0.2, 0.25) is 5.91 Å². The average Bonchev–Trinajstić information content (AvgIpc) is 3.51. The van der Waals surface area contributed by atoms with E-state index in [9.17, 15) is 4.79 Å². The van der Waals surface area contributed by atoms with Crippen LogP contribution in [-0.2, 0) is 17.6 Å². The predicted octanol–water partition coefficient (Wildman–Crippen LogP) is 5.06. The molecule has 0 unspecified atom stereocenters. The second-order valence-corrected chi connectivity index (χ2v) is 8.48. The molecule has 0 atom stereocenters. The number of benzene rings is 2. The minimum Gasteiger partial charge on any atom is -0.469 e.